The molecule has 0 amide bonds. The topological polar surface area (TPSA) is 43.6 Å². The molecule has 1 radical (unpaired) electrons. The Morgan fingerprint density at radius 1 is 1.55 bits per heavy atom. The van der Waals surface area contributed by atoms with Crippen LogP contribution in [-0.4, -0.2) is 20.2 Å². The Kier molecular flexibility index (Phi) is 3.01. The van der Waals surface area contributed by atoms with Crippen LogP contribution in [0.1, 0.15) is 25.6 Å². The molecule has 61 valence electrons. The number of nitrogens with zero attached hydrogens (tertiary/aromatic N) is 4. The highest BCUT2D eigenvalue weighted by Gasteiger charge is 2.00. The maximum Gasteiger partial charge on any atom is 0.151 e. The molecule has 0 bridgehead atoms. The van der Waals surface area contributed by atoms with E-state index in [1.807, 2.05) is 4.68 Å². The highest BCUT2D eigenvalue weighted by molar-refractivity contribution is 4.81. The summed E-state index contributed by atoms with van der Waals surface area (Å²) in [6, 6.07) is 0. The van der Waals surface area contributed by atoms with Crippen molar-refractivity contribution in [2.24, 2.45) is 0 Å². The maximum absolute atomic E-state index is 3.84. The third-order valence-electron chi connectivity index (χ3n) is 1.55. The van der Waals surface area contributed by atoms with E-state index in [1.54, 1.807) is 0 Å². The number of hydrogen-bond acceptors (Lipinski definition) is 3. The summed E-state index contributed by atoms with van der Waals surface area (Å²) < 4.78 is 1.82. The molecule has 1 rings (SSSR count). The van der Waals surface area contributed by atoms with Crippen molar-refractivity contribution in [1.82, 2.24) is 20.2 Å². The Balaban J connectivity index is 2.54. The van der Waals surface area contributed by atoms with Crippen LogP contribution in [0.4, 0.5) is 0 Å². The molecule has 4 heteroatoms. The van der Waals surface area contributed by atoms with Crippen LogP contribution >= 0.6 is 0 Å². The summed E-state index contributed by atoms with van der Waals surface area (Å²) in [5.74, 6) is 0.874. The Labute approximate surface area is 66.6 Å². The van der Waals surface area contributed by atoms with Crippen molar-refractivity contribution in [3.05, 3.63) is 12.7 Å². The Morgan fingerprint density at radius 3 is 3.00 bits per heavy atom. The lowest BCUT2D eigenvalue weighted by atomic mass is 10.3. The van der Waals surface area contributed by atoms with Crippen LogP contribution in [0, 0.1) is 6.92 Å². The minimum atomic E-state index is 0.663. The number of aryl methyl sites for hydroxylation is 1. The highest BCUT2D eigenvalue weighted by atomic mass is 15.5. The van der Waals surface area contributed by atoms with Crippen molar-refractivity contribution in [1.29, 1.82) is 0 Å². The monoisotopic (exact) mass is 153 g/mol. The average Bonchev–Trinajstić information content (AvgIpc) is 2.47. The summed E-state index contributed by atoms with van der Waals surface area (Å²) in [6.45, 7) is 6.79. The number of tetrazole rings is 1. The minimum absolute atomic E-state index is 0.663. The number of hydrogen-bond donors (Lipinski definition) is 0. The highest BCUT2D eigenvalue weighted by Crippen LogP contribution is 1.96. The first kappa shape index (κ1) is 8.17. The molecule has 1 aromatic heterocycles. The van der Waals surface area contributed by atoms with Gasteiger partial charge in [-0.3, -0.25) is 0 Å². The van der Waals surface area contributed by atoms with Crippen LogP contribution in [0.5, 0.6) is 0 Å². The van der Waals surface area contributed by atoms with Gasteiger partial charge in [0.15, 0.2) is 5.82 Å². The summed E-state index contributed by atoms with van der Waals surface area (Å²) in [6.07, 6.45) is 2.95. The molecule has 0 N–H and O–H groups in total. The van der Waals surface area contributed by atoms with Crippen molar-refractivity contribution in [3.8, 4) is 0 Å². The van der Waals surface area contributed by atoms with Crippen LogP contribution in [0.25, 0.3) is 0 Å². The molecule has 1 aromatic rings. The predicted octanol–water partition coefficient (Wildman–Crippen LogP) is 0.850. The Bertz CT molecular complexity index is 206. The van der Waals surface area contributed by atoms with E-state index in [0.29, 0.717) is 6.42 Å². The predicted molar refractivity (Wildman–Crippen MR) is 41.8 cm³/mol. The first-order chi connectivity index (χ1) is 5.38. The van der Waals surface area contributed by atoms with E-state index in [1.165, 1.54) is 0 Å². The molecular formula is C7H13N4. The van der Waals surface area contributed by atoms with Gasteiger partial charge in [0.2, 0.25) is 0 Å². The zero-order valence-electron chi connectivity index (χ0n) is 6.82. The van der Waals surface area contributed by atoms with Crippen LogP contribution in [0.3, 0.4) is 0 Å². The summed E-state index contributed by atoms with van der Waals surface area (Å²) in [5, 5.41) is 11.2. The first-order valence-corrected chi connectivity index (χ1v) is 3.92. The van der Waals surface area contributed by atoms with Gasteiger partial charge in [0.1, 0.15) is 0 Å². The summed E-state index contributed by atoms with van der Waals surface area (Å²) >= 11 is 0. The van der Waals surface area contributed by atoms with E-state index in [9.17, 15) is 0 Å². The van der Waals surface area contributed by atoms with Crippen LogP contribution < -0.4 is 0 Å². The molecule has 1 heterocycles. The van der Waals surface area contributed by atoms with Gasteiger partial charge in [0.05, 0.1) is 0 Å². The zero-order valence-corrected chi connectivity index (χ0v) is 6.82. The second-order valence-electron chi connectivity index (χ2n) is 2.42. The van der Waals surface area contributed by atoms with Gasteiger partial charge < -0.3 is 0 Å². The van der Waals surface area contributed by atoms with Gasteiger partial charge in [-0.15, -0.1) is 5.10 Å². The van der Waals surface area contributed by atoms with E-state index in [2.05, 4.69) is 29.4 Å². The van der Waals surface area contributed by atoms with Gasteiger partial charge in [0.25, 0.3) is 0 Å². The molecule has 11 heavy (non-hydrogen) atoms. The van der Waals surface area contributed by atoms with Gasteiger partial charge in [0, 0.05) is 13.0 Å². The SMILES string of the molecule is [CH2]Cc1nnnn1CCCC. The largest absolute Gasteiger partial charge is 0.230 e. The van der Waals surface area contributed by atoms with Crippen molar-refractivity contribution in [3.63, 3.8) is 0 Å². The normalized spacial score (nSPS) is 10.4. The molecule has 0 fully saturated rings. The summed E-state index contributed by atoms with van der Waals surface area (Å²) in [4.78, 5) is 0. The smallest absolute Gasteiger partial charge is 0.151 e. The molecule has 0 saturated carbocycles. The zero-order chi connectivity index (χ0) is 8.10. The molecule has 0 aliphatic carbocycles. The Hall–Kier alpha value is -0.930. The number of rotatable bonds is 4. The van der Waals surface area contributed by atoms with Crippen LogP contribution in [0.2, 0.25) is 0 Å². The number of aromatic nitrogens is 4. The molecule has 0 saturated heterocycles. The molecular weight excluding hydrogens is 140 g/mol. The molecule has 0 spiro atoms. The second-order valence-corrected chi connectivity index (χ2v) is 2.42. The van der Waals surface area contributed by atoms with E-state index < -0.39 is 0 Å². The van der Waals surface area contributed by atoms with Crippen LogP contribution in [-0.2, 0) is 13.0 Å². The van der Waals surface area contributed by atoms with Crippen LogP contribution in [0.15, 0.2) is 0 Å². The Morgan fingerprint density at radius 2 is 2.36 bits per heavy atom. The second kappa shape index (κ2) is 4.05. The lowest BCUT2D eigenvalue weighted by molar-refractivity contribution is 0.537. The van der Waals surface area contributed by atoms with Gasteiger partial charge in [-0.1, -0.05) is 13.3 Å². The lowest BCUT2D eigenvalue weighted by Crippen LogP contribution is -2.04. The fourth-order valence-electron chi connectivity index (χ4n) is 0.884. The molecule has 0 unspecified atom stereocenters. The van der Waals surface area contributed by atoms with Gasteiger partial charge in [-0.2, -0.15) is 0 Å². The van der Waals surface area contributed by atoms with Crippen molar-refractivity contribution in [2.45, 2.75) is 32.7 Å². The average molecular weight is 153 g/mol. The van der Waals surface area contributed by atoms with E-state index in [-0.39, 0.29) is 0 Å². The van der Waals surface area contributed by atoms with Crippen molar-refractivity contribution >= 4 is 0 Å². The molecule has 4 nitrogen and oxygen atoms in total. The van der Waals surface area contributed by atoms with E-state index in [0.717, 1.165) is 25.2 Å². The molecule has 0 atom stereocenters. The fraction of sp³-hybridized carbons (Fsp3) is 0.714. The maximum atomic E-state index is 3.84. The van der Waals surface area contributed by atoms with Crippen molar-refractivity contribution in [2.75, 3.05) is 0 Å². The van der Waals surface area contributed by atoms with E-state index >= 15 is 0 Å². The van der Waals surface area contributed by atoms with Gasteiger partial charge in [-0.25, -0.2) is 4.68 Å². The minimum Gasteiger partial charge on any atom is -0.230 e. The molecule has 0 aliphatic rings. The number of unbranched alkanes of at least 4 members (excludes halogenated alkanes) is 1. The van der Waals surface area contributed by atoms with Gasteiger partial charge >= 0.3 is 0 Å². The van der Waals surface area contributed by atoms with Gasteiger partial charge in [-0.05, 0) is 23.8 Å². The molecule has 0 aromatic carbocycles. The third-order valence-corrected chi connectivity index (χ3v) is 1.55. The third kappa shape index (κ3) is 2.00. The quantitative estimate of drug-likeness (QED) is 0.644. The van der Waals surface area contributed by atoms with E-state index in [4.69, 9.17) is 0 Å². The lowest BCUT2D eigenvalue weighted by Gasteiger charge is -1.99. The fourth-order valence-corrected chi connectivity index (χ4v) is 0.884. The summed E-state index contributed by atoms with van der Waals surface area (Å²) in [5.41, 5.74) is 0. The standard InChI is InChI=1S/C7H13N4/c1-3-5-6-11-7(4-2)8-9-10-11/h2-6H2,1H3. The summed E-state index contributed by atoms with van der Waals surface area (Å²) in [7, 11) is 0. The molecule has 0 aliphatic heterocycles. The van der Waals surface area contributed by atoms with Crippen molar-refractivity contribution < 1.29 is 0 Å². The first-order valence-electron chi connectivity index (χ1n) is 3.92.